The van der Waals surface area contributed by atoms with E-state index in [1.54, 1.807) is 0 Å². The summed E-state index contributed by atoms with van der Waals surface area (Å²) in [7, 11) is 1.89. The van der Waals surface area contributed by atoms with E-state index in [1.807, 2.05) is 18.8 Å². The number of guanidine groups is 1. The van der Waals surface area contributed by atoms with Crippen molar-refractivity contribution in [1.29, 1.82) is 0 Å². The summed E-state index contributed by atoms with van der Waals surface area (Å²) in [5.74, 6) is 3.22. The van der Waals surface area contributed by atoms with Crippen LogP contribution >= 0.6 is 35.7 Å². The lowest BCUT2D eigenvalue weighted by Gasteiger charge is -2.32. The number of aliphatic imine (C=N–C) groups is 1. The fraction of sp³-hybridized carbons (Fsp3) is 0.650. The molecule has 2 aliphatic rings. The van der Waals surface area contributed by atoms with E-state index < -0.39 is 0 Å². The molecular formula is C20H33IN4OS. The van der Waals surface area contributed by atoms with Crippen molar-refractivity contribution in [2.75, 3.05) is 58.7 Å². The van der Waals surface area contributed by atoms with Gasteiger partial charge in [-0.15, -0.1) is 24.0 Å². The minimum Gasteiger partial charge on any atom is -0.379 e. The summed E-state index contributed by atoms with van der Waals surface area (Å²) in [6, 6.07) is 9.48. The molecule has 1 aromatic carbocycles. The Morgan fingerprint density at radius 2 is 1.96 bits per heavy atom. The van der Waals surface area contributed by atoms with E-state index in [2.05, 4.69) is 51.3 Å². The van der Waals surface area contributed by atoms with Crippen molar-refractivity contribution in [2.24, 2.45) is 4.99 Å². The molecule has 2 aliphatic heterocycles. The maximum Gasteiger partial charge on any atom is 0.193 e. The molecule has 1 N–H and O–H groups in total. The summed E-state index contributed by atoms with van der Waals surface area (Å²) >= 11 is 1.97. The van der Waals surface area contributed by atoms with Gasteiger partial charge in [0.15, 0.2) is 5.96 Å². The average molecular weight is 504 g/mol. The molecule has 0 aliphatic carbocycles. The maximum atomic E-state index is 5.47. The van der Waals surface area contributed by atoms with Crippen LogP contribution in [0.2, 0.25) is 0 Å². The quantitative estimate of drug-likeness (QED) is 0.279. The van der Waals surface area contributed by atoms with Gasteiger partial charge in [-0.2, -0.15) is 11.8 Å². The van der Waals surface area contributed by atoms with Crippen LogP contribution in [0, 0.1) is 6.92 Å². The Morgan fingerprint density at radius 1 is 1.22 bits per heavy atom. The van der Waals surface area contributed by atoms with Crippen molar-refractivity contribution in [2.45, 2.75) is 25.1 Å². The molecule has 3 rings (SSSR count). The molecule has 2 fully saturated rings. The van der Waals surface area contributed by atoms with E-state index in [0.29, 0.717) is 6.04 Å². The third kappa shape index (κ3) is 7.11. The molecular weight excluding hydrogens is 471 g/mol. The molecule has 0 radical (unpaired) electrons. The smallest absolute Gasteiger partial charge is 0.193 e. The van der Waals surface area contributed by atoms with Gasteiger partial charge in [0, 0.05) is 57.3 Å². The van der Waals surface area contributed by atoms with Gasteiger partial charge in [-0.25, -0.2) is 0 Å². The van der Waals surface area contributed by atoms with E-state index in [1.165, 1.54) is 17.5 Å². The first kappa shape index (κ1) is 22.8. The lowest BCUT2D eigenvalue weighted by Crippen LogP contribution is -2.47. The van der Waals surface area contributed by atoms with Crippen LogP contribution in [0.15, 0.2) is 29.3 Å². The molecule has 0 spiro atoms. The van der Waals surface area contributed by atoms with Crippen LogP contribution in [0.1, 0.15) is 17.5 Å². The van der Waals surface area contributed by atoms with Gasteiger partial charge >= 0.3 is 0 Å². The molecule has 2 heterocycles. The van der Waals surface area contributed by atoms with Crippen molar-refractivity contribution < 1.29 is 4.74 Å². The molecule has 7 heteroatoms. The average Bonchev–Trinajstić information content (AvgIpc) is 3.17. The Balaban J connectivity index is 0.00000261. The minimum atomic E-state index is 0. The van der Waals surface area contributed by atoms with Gasteiger partial charge in [0.2, 0.25) is 0 Å². The molecule has 5 nitrogen and oxygen atoms in total. The number of benzene rings is 1. The third-order valence-electron chi connectivity index (χ3n) is 5.16. The first-order valence-corrected chi connectivity index (χ1v) is 10.8. The number of halogens is 1. The number of likely N-dealkylation sites (tertiary alicyclic amines) is 1. The van der Waals surface area contributed by atoms with Crippen LogP contribution in [0.25, 0.3) is 0 Å². The summed E-state index contributed by atoms with van der Waals surface area (Å²) in [6.45, 7) is 9.16. The van der Waals surface area contributed by atoms with Gasteiger partial charge in [-0.1, -0.05) is 29.8 Å². The van der Waals surface area contributed by atoms with Crippen LogP contribution in [-0.4, -0.2) is 80.5 Å². The second-order valence-electron chi connectivity index (χ2n) is 7.05. The maximum absolute atomic E-state index is 5.47. The summed E-state index contributed by atoms with van der Waals surface area (Å²) in [5, 5.41) is 3.54. The Bertz CT molecular complexity index is 578. The molecule has 0 aromatic heterocycles. The highest BCUT2D eigenvalue weighted by Crippen LogP contribution is 2.17. The van der Waals surface area contributed by atoms with E-state index >= 15 is 0 Å². The zero-order valence-electron chi connectivity index (χ0n) is 16.5. The monoisotopic (exact) mass is 504 g/mol. The van der Waals surface area contributed by atoms with Gasteiger partial charge in [-0.3, -0.25) is 9.89 Å². The van der Waals surface area contributed by atoms with Crippen molar-refractivity contribution in [3.8, 4) is 0 Å². The summed E-state index contributed by atoms with van der Waals surface area (Å²) in [6.07, 6.45) is 1.23. The molecule has 152 valence electrons. The fourth-order valence-corrected chi connectivity index (χ4v) is 4.44. The number of hydrogen-bond donors (Lipinski definition) is 1. The molecule has 0 amide bonds. The van der Waals surface area contributed by atoms with Crippen molar-refractivity contribution >= 4 is 41.7 Å². The first-order chi connectivity index (χ1) is 12.8. The van der Waals surface area contributed by atoms with Gasteiger partial charge < -0.3 is 15.0 Å². The third-order valence-corrected chi connectivity index (χ3v) is 6.19. The Hall–Kier alpha value is -0.510. The van der Waals surface area contributed by atoms with Gasteiger partial charge in [-0.05, 0) is 18.9 Å². The molecule has 2 saturated heterocycles. The summed E-state index contributed by atoms with van der Waals surface area (Å²) in [4.78, 5) is 9.48. The van der Waals surface area contributed by atoms with Crippen LogP contribution in [-0.2, 0) is 10.5 Å². The standard InChI is InChI=1S/C20H32N4OS.HI/c1-17-3-5-18(6-4-17)16-26-14-8-22-20(21-2)24-9-7-19(15-24)23-10-12-25-13-11-23;/h3-6,19H,7-16H2,1-2H3,(H,21,22);1H. The van der Waals surface area contributed by atoms with Crippen molar-refractivity contribution in [3.63, 3.8) is 0 Å². The van der Waals surface area contributed by atoms with Crippen LogP contribution in [0.5, 0.6) is 0 Å². The number of ether oxygens (including phenoxy) is 1. The normalized spacial score (nSPS) is 21.2. The summed E-state index contributed by atoms with van der Waals surface area (Å²) < 4.78 is 5.47. The van der Waals surface area contributed by atoms with Crippen molar-refractivity contribution in [1.82, 2.24) is 15.1 Å². The molecule has 1 atom stereocenters. The molecule has 0 bridgehead atoms. The SMILES string of the molecule is CN=C(NCCSCc1ccc(C)cc1)N1CCC(N2CCOCC2)C1.I. The topological polar surface area (TPSA) is 40.1 Å². The number of thioether (sulfide) groups is 1. The Morgan fingerprint density at radius 3 is 2.67 bits per heavy atom. The van der Waals surface area contributed by atoms with E-state index in [9.17, 15) is 0 Å². The number of morpholine rings is 1. The predicted molar refractivity (Wildman–Crippen MR) is 126 cm³/mol. The predicted octanol–water partition coefficient (Wildman–Crippen LogP) is 2.83. The number of nitrogens with one attached hydrogen (secondary N) is 1. The van der Waals surface area contributed by atoms with Gasteiger partial charge in [0.25, 0.3) is 0 Å². The minimum absolute atomic E-state index is 0. The first-order valence-electron chi connectivity index (χ1n) is 9.67. The molecule has 1 aromatic rings. The molecule has 0 saturated carbocycles. The lowest BCUT2D eigenvalue weighted by atomic mass is 10.2. The number of nitrogens with zero attached hydrogens (tertiary/aromatic N) is 3. The highest BCUT2D eigenvalue weighted by atomic mass is 127. The highest BCUT2D eigenvalue weighted by molar-refractivity contribution is 14.0. The fourth-order valence-electron chi connectivity index (χ4n) is 3.62. The summed E-state index contributed by atoms with van der Waals surface area (Å²) in [5.41, 5.74) is 2.73. The van der Waals surface area contributed by atoms with E-state index in [4.69, 9.17) is 4.74 Å². The van der Waals surface area contributed by atoms with Gasteiger partial charge in [0.1, 0.15) is 0 Å². The number of aryl methyl sites for hydroxylation is 1. The second kappa shape index (κ2) is 12.1. The molecule has 27 heavy (non-hydrogen) atoms. The largest absolute Gasteiger partial charge is 0.379 e. The second-order valence-corrected chi connectivity index (χ2v) is 8.15. The van der Waals surface area contributed by atoms with E-state index in [-0.39, 0.29) is 24.0 Å². The van der Waals surface area contributed by atoms with Crippen molar-refractivity contribution in [3.05, 3.63) is 35.4 Å². The Kier molecular flexibility index (Phi) is 10.2. The zero-order valence-corrected chi connectivity index (χ0v) is 19.7. The van der Waals surface area contributed by atoms with Gasteiger partial charge in [0.05, 0.1) is 13.2 Å². The number of hydrogen-bond acceptors (Lipinski definition) is 4. The van der Waals surface area contributed by atoms with E-state index in [0.717, 1.165) is 63.4 Å². The van der Waals surface area contributed by atoms with Crippen LogP contribution in [0.3, 0.4) is 0 Å². The van der Waals surface area contributed by atoms with Crippen LogP contribution < -0.4 is 5.32 Å². The highest BCUT2D eigenvalue weighted by Gasteiger charge is 2.30. The lowest BCUT2D eigenvalue weighted by molar-refractivity contribution is 0.0195. The Labute approximate surface area is 185 Å². The zero-order chi connectivity index (χ0) is 18.2. The molecule has 1 unspecified atom stereocenters. The van der Waals surface area contributed by atoms with Crippen LogP contribution in [0.4, 0.5) is 0 Å². The number of rotatable bonds is 6.